The van der Waals surface area contributed by atoms with Crippen molar-refractivity contribution in [2.24, 2.45) is 7.05 Å². The molecule has 3 aromatic rings. The predicted octanol–water partition coefficient (Wildman–Crippen LogP) is 3.69. The monoisotopic (exact) mass is 319 g/mol. The molecule has 0 saturated carbocycles. The summed E-state index contributed by atoms with van der Waals surface area (Å²) in [4.78, 5) is 12.1. The summed E-state index contributed by atoms with van der Waals surface area (Å²) in [6.45, 7) is 0. The van der Waals surface area contributed by atoms with Crippen molar-refractivity contribution in [3.63, 3.8) is 0 Å². The number of carbonyl (C=O) groups excluding carboxylic acids is 1. The molecule has 0 aliphatic carbocycles. The van der Waals surface area contributed by atoms with Gasteiger partial charge in [0.15, 0.2) is 0 Å². The van der Waals surface area contributed by atoms with Crippen molar-refractivity contribution >= 4 is 11.7 Å². The predicted molar refractivity (Wildman–Crippen MR) is 91.3 cm³/mol. The van der Waals surface area contributed by atoms with Crippen LogP contribution in [0.5, 0.6) is 11.5 Å². The van der Waals surface area contributed by atoms with Crippen molar-refractivity contribution in [1.82, 2.24) is 9.78 Å². The molecule has 0 bridgehead atoms. The van der Waals surface area contributed by atoms with Gasteiger partial charge in [-0.1, -0.05) is 30.3 Å². The van der Waals surface area contributed by atoms with E-state index in [0.717, 1.165) is 28.4 Å². The zero-order valence-electron chi connectivity index (χ0n) is 13.3. The lowest BCUT2D eigenvalue weighted by molar-refractivity contribution is -0.116. The van der Waals surface area contributed by atoms with Gasteiger partial charge in [0.25, 0.3) is 0 Å². The molecule has 2 heterocycles. The fraction of sp³-hybridized carbons (Fsp3) is 0.158. The standard InChI is InChI=1S/C19H17N3O2/c1-22-19-17(12-20-22)16(11-18(23)21-19)13-6-5-9-15(10-13)24-14-7-3-2-4-8-14/h2-10,12,16H,11H2,1H3,(H,21,23)/t16-/m0/s1. The minimum atomic E-state index is -0.0122. The van der Waals surface area contributed by atoms with Crippen LogP contribution in [0.1, 0.15) is 23.5 Å². The van der Waals surface area contributed by atoms with Gasteiger partial charge in [0.2, 0.25) is 5.91 Å². The molecule has 0 radical (unpaired) electrons. The number of anilines is 1. The Labute approximate surface area is 139 Å². The molecule has 0 spiro atoms. The van der Waals surface area contributed by atoms with Crippen molar-refractivity contribution < 1.29 is 9.53 Å². The zero-order valence-corrected chi connectivity index (χ0v) is 13.3. The van der Waals surface area contributed by atoms with E-state index in [1.807, 2.05) is 67.8 Å². The van der Waals surface area contributed by atoms with Gasteiger partial charge in [-0.05, 0) is 29.8 Å². The van der Waals surface area contributed by atoms with Crippen molar-refractivity contribution in [3.8, 4) is 11.5 Å². The number of rotatable bonds is 3. The number of para-hydroxylation sites is 1. The van der Waals surface area contributed by atoms with E-state index < -0.39 is 0 Å². The fourth-order valence-corrected chi connectivity index (χ4v) is 3.06. The molecule has 2 aromatic carbocycles. The lowest BCUT2D eigenvalue weighted by Gasteiger charge is -2.23. The molecule has 1 aliphatic heterocycles. The molecule has 1 aliphatic rings. The Morgan fingerprint density at radius 2 is 1.92 bits per heavy atom. The SMILES string of the molecule is Cn1ncc2c1NC(=O)C[C@H]2c1cccc(Oc2ccccc2)c1. The summed E-state index contributed by atoms with van der Waals surface area (Å²) in [5, 5.41) is 7.16. The first kappa shape index (κ1) is 14.5. The van der Waals surface area contributed by atoms with Crippen LogP contribution >= 0.6 is 0 Å². The molecule has 4 rings (SSSR count). The van der Waals surface area contributed by atoms with Crippen LogP contribution in [0, 0.1) is 0 Å². The molecule has 5 nitrogen and oxygen atoms in total. The van der Waals surface area contributed by atoms with E-state index in [9.17, 15) is 4.79 Å². The van der Waals surface area contributed by atoms with Gasteiger partial charge in [-0.15, -0.1) is 0 Å². The first-order valence-electron chi connectivity index (χ1n) is 7.85. The Morgan fingerprint density at radius 1 is 1.12 bits per heavy atom. The Bertz CT molecular complexity index is 887. The number of aromatic nitrogens is 2. The number of benzene rings is 2. The molecular formula is C19H17N3O2. The third-order valence-corrected chi connectivity index (χ3v) is 4.23. The molecule has 1 aromatic heterocycles. The highest BCUT2D eigenvalue weighted by molar-refractivity contribution is 5.94. The molecular weight excluding hydrogens is 302 g/mol. The van der Waals surface area contributed by atoms with Crippen LogP contribution in [0.3, 0.4) is 0 Å². The smallest absolute Gasteiger partial charge is 0.226 e. The van der Waals surface area contributed by atoms with E-state index in [-0.39, 0.29) is 11.8 Å². The second-order valence-corrected chi connectivity index (χ2v) is 5.86. The average Bonchev–Trinajstić information content (AvgIpc) is 2.96. The highest BCUT2D eigenvalue weighted by Gasteiger charge is 2.29. The number of aryl methyl sites for hydroxylation is 1. The summed E-state index contributed by atoms with van der Waals surface area (Å²) in [5.41, 5.74) is 2.08. The van der Waals surface area contributed by atoms with Gasteiger partial charge < -0.3 is 10.1 Å². The van der Waals surface area contributed by atoms with E-state index in [4.69, 9.17) is 4.74 Å². The normalized spacial score (nSPS) is 16.4. The van der Waals surface area contributed by atoms with E-state index in [0.29, 0.717) is 6.42 Å². The Balaban J connectivity index is 1.68. The summed E-state index contributed by atoms with van der Waals surface area (Å²) >= 11 is 0. The third-order valence-electron chi connectivity index (χ3n) is 4.23. The summed E-state index contributed by atoms with van der Waals surface area (Å²) < 4.78 is 7.61. The maximum absolute atomic E-state index is 12.1. The maximum atomic E-state index is 12.1. The molecule has 1 atom stereocenters. The largest absolute Gasteiger partial charge is 0.457 e. The lowest BCUT2D eigenvalue weighted by atomic mass is 9.87. The quantitative estimate of drug-likeness (QED) is 0.801. The van der Waals surface area contributed by atoms with Gasteiger partial charge in [0, 0.05) is 24.9 Å². The van der Waals surface area contributed by atoms with Gasteiger partial charge >= 0.3 is 0 Å². The number of carbonyl (C=O) groups is 1. The number of hydrogen-bond donors (Lipinski definition) is 1. The van der Waals surface area contributed by atoms with Gasteiger partial charge in [-0.3, -0.25) is 9.48 Å². The third kappa shape index (κ3) is 2.65. The second kappa shape index (κ2) is 5.85. The first-order chi connectivity index (χ1) is 11.7. The summed E-state index contributed by atoms with van der Waals surface area (Å²) in [7, 11) is 1.83. The molecule has 0 fully saturated rings. The van der Waals surface area contributed by atoms with E-state index in [1.165, 1.54) is 0 Å². The number of amides is 1. The van der Waals surface area contributed by atoms with Gasteiger partial charge in [-0.2, -0.15) is 5.10 Å². The first-order valence-corrected chi connectivity index (χ1v) is 7.85. The molecule has 0 unspecified atom stereocenters. The molecule has 0 saturated heterocycles. The van der Waals surface area contributed by atoms with Crippen molar-refractivity contribution in [1.29, 1.82) is 0 Å². The van der Waals surface area contributed by atoms with Crippen molar-refractivity contribution in [2.45, 2.75) is 12.3 Å². The van der Waals surface area contributed by atoms with E-state index >= 15 is 0 Å². The minimum absolute atomic E-state index is 0.00507. The van der Waals surface area contributed by atoms with Crippen LogP contribution in [-0.2, 0) is 11.8 Å². The number of fused-ring (bicyclic) bond motifs is 1. The van der Waals surface area contributed by atoms with Crippen molar-refractivity contribution in [2.75, 3.05) is 5.32 Å². The highest BCUT2D eigenvalue weighted by Crippen LogP contribution is 2.38. The minimum Gasteiger partial charge on any atom is -0.457 e. The Hall–Kier alpha value is -3.08. The molecule has 1 amide bonds. The molecule has 5 heteroatoms. The summed E-state index contributed by atoms with van der Waals surface area (Å²) in [6.07, 6.45) is 2.23. The van der Waals surface area contributed by atoms with Crippen LogP contribution in [0.4, 0.5) is 5.82 Å². The topological polar surface area (TPSA) is 56.2 Å². The highest BCUT2D eigenvalue weighted by atomic mass is 16.5. The van der Waals surface area contributed by atoms with Crippen LogP contribution < -0.4 is 10.1 Å². The van der Waals surface area contributed by atoms with Gasteiger partial charge in [0.05, 0.1) is 6.20 Å². The van der Waals surface area contributed by atoms with E-state index in [1.54, 1.807) is 4.68 Å². The second-order valence-electron chi connectivity index (χ2n) is 5.86. The van der Waals surface area contributed by atoms with Crippen molar-refractivity contribution in [3.05, 3.63) is 71.9 Å². The molecule has 120 valence electrons. The van der Waals surface area contributed by atoms with Gasteiger partial charge in [0.1, 0.15) is 17.3 Å². The molecule has 1 N–H and O–H groups in total. The van der Waals surface area contributed by atoms with Gasteiger partial charge in [-0.25, -0.2) is 0 Å². The number of nitrogens with zero attached hydrogens (tertiary/aromatic N) is 2. The van der Waals surface area contributed by atoms with E-state index in [2.05, 4.69) is 10.4 Å². The average molecular weight is 319 g/mol. The fourth-order valence-electron chi connectivity index (χ4n) is 3.06. The zero-order chi connectivity index (χ0) is 16.5. The van der Waals surface area contributed by atoms with Crippen LogP contribution in [0.15, 0.2) is 60.8 Å². The summed E-state index contributed by atoms with van der Waals surface area (Å²) in [6, 6.07) is 17.6. The number of ether oxygens (including phenoxy) is 1. The maximum Gasteiger partial charge on any atom is 0.226 e. The lowest BCUT2D eigenvalue weighted by Crippen LogP contribution is -2.24. The van der Waals surface area contributed by atoms with Crippen LogP contribution in [0.2, 0.25) is 0 Å². The van der Waals surface area contributed by atoms with Crippen LogP contribution in [0.25, 0.3) is 0 Å². The number of hydrogen-bond acceptors (Lipinski definition) is 3. The van der Waals surface area contributed by atoms with Crippen LogP contribution in [-0.4, -0.2) is 15.7 Å². The Kier molecular flexibility index (Phi) is 3.54. The summed E-state index contributed by atoms with van der Waals surface area (Å²) in [5.74, 6) is 2.31. The number of nitrogens with one attached hydrogen (secondary N) is 1. The molecule has 24 heavy (non-hydrogen) atoms. The Morgan fingerprint density at radius 3 is 2.75 bits per heavy atom.